The average Bonchev–Trinajstić information content (AvgIpc) is 2.69. The standard InChI is InChI=1S/C10H14N2O.2ClH/c1-3-9(12-6-1)8-13-10-4-2-5-11-7-10;;/h2,4-5,7,9,12H,1,3,6,8H2;2*1H. The fourth-order valence-corrected chi connectivity index (χ4v) is 1.53. The summed E-state index contributed by atoms with van der Waals surface area (Å²) in [5, 5.41) is 3.38. The molecule has 0 aliphatic carbocycles. The number of hydrogen-bond donors (Lipinski definition) is 1. The number of nitrogens with one attached hydrogen (secondary N) is 1. The molecule has 1 aliphatic rings. The molecule has 0 saturated carbocycles. The number of hydrogen-bond acceptors (Lipinski definition) is 3. The molecule has 2 rings (SSSR count). The van der Waals surface area contributed by atoms with Crippen molar-refractivity contribution < 1.29 is 4.74 Å². The van der Waals surface area contributed by atoms with Crippen molar-refractivity contribution in [3.8, 4) is 5.75 Å². The van der Waals surface area contributed by atoms with Crippen LogP contribution in [-0.2, 0) is 0 Å². The Bertz CT molecular complexity index is 253. The van der Waals surface area contributed by atoms with E-state index in [1.54, 1.807) is 12.4 Å². The molecule has 5 heteroatoms. The molecule has 3 nitrogen and oxygen atoms in total. The van der Waals surface area contributed by atoms with Crippen LogP contribution in [-0.4, -0.2) is 24.2 Å². The van der Waals surface area contributed by atoms with Crippen LogP contribution >= 0.6 is 24.8 Å². The van der Waals surface area contributed by atoms with Crippen LogP contribution in [0.4, 0.5) is 0 Å². The molecule has 1 atom stereocenters. The van der Waals surface area contributed by atoms with Gasteiger partial charge in [0.25, 0.3) is 0 Å². The topological polar surface area (TPSA) is 34.1 Å². The Morgan fingerprint density at radius 1 is 1.47 bits per heavy atom. The molecule has 2 heterocycles. The van der Waals surface area contributed by atoms with Crippen molar-refractivity contribution in [1.82, 2.24) is 10.3 Å². The van der Waals surface area contributed by atoms with Gasteiger partial charge in [0.15, 0.2) is 0 Å². The molecule has 0 bridgehead atoms. The highest BCUT2D eigenvalue weighted by atomic mass is 35.5. The van der Waals surface area contributed by atoms with Crippen LogP contribution in [0, 0.1) is 0 Å². The zero-order valence-electron chi connectivity index (χ0n) is 8.39. The summed E-state index contributed by atoms with van der Waals surface area (Å²) in [4.78, 5) is 3.98. The lowest BCUT2D eigenvalue weighted by atomic mass is 10.2. The van der Waals surface area contributed by atoms with E-state index < -0.39 is 0 Å². The van der Waals surface area contributed by atoms with E-state index in [0.717, 1.165) is 18.9 Å². The SMILES string of the molecule is Cl.Cl.c1cncc(OCC2CCCN2)c1. The number of ether oxygens (including phenoxy) is 1. The van der Waals surface area contributed by atoms with E-state index in [9.17, 15) is 0 Å². The Balaban J connectivity index is 0.000000980. The molecule has 1 aliphatic heterocycles. The first kappa shape index (κ1) is 14.5. The van der Waals surface area contributed by atoms with Crippen molar-refractivity contribution in [3.63, 3.8) is 0 Å². The van der Waals surface area contributed by atoms with Crippen molar-refractivity contribution in [1.29, 1.82) is 0 Å². The zero-order valence-corrected chi connectivity index (χ0v) is 10.0. The number of pyridine rings is 1. The second-order valence-electron chi connectivity index (χ2n) is 3.29. The minimum Gasteiger partial charge on any atom is -0.490 e. The molecule has 1 N–H and O–H groups in total. The van der Waals surface area contributed by atoms with Gasteiger partial charge in [-0.05, 0) is 31.5 Å². The Hall–Kier alpha value is -0.510. The van der Waals surface area contributed by atoms with Crippen molar-refractivity contribution in [3.05, 3.63) is 24.5 Å². The van der Waals surface area contributed by atoms with Crippen molar-refractivity contribution >= 4 is 24.8 Å². The van der Waals surface area contributed by atoms with E-state index in [0.29, 0.717) is 6.04 Å². The van der Waals surface area contributed by atoms with Gasteiger partial charge in [-0.3, -0.25) is 4.98 Å². The van der Waals surface area contributed by atoms with Gasteiger partial charge in [-0.15, -0.1) is 24.8 Å². The van der Waals surface area contributed by atoms with Crippen molar-refractivity contribution in [2.24, 2.45) is 0 Å². The second kappa shape index (κ2) is 7.74. The summed E-state index contributed by atoms with van der Waals surface area (Å²) >= 11 is 0. The number of aromatic nitrogens is 1. The molecule has 1 unspecified atom stereocenters. The summed E-state index contributed by atoms with van der Waals surface area (Å²) in [5.74, 6) is 0.858. The van der Waals surface area contributed by atoms with Crippen LogP contribution in [0.25, 0.3) is 0 Å². The van der Waals surface area contributed by atoms with E-state index in [1.807, 2.05) is 12.1 Å². The summed E-state index contributed by atoms with van der Waals surface area (Å²) < 4.78 is 5.56. The lowest BCUT2D eigenvalue weighted by Crippen LogP contribution is -2.28. The van der Waals surface area contributed by atoms with Gasteiger partial charge < -0.3 is 10.1 Å². The number of rotatable bonds is 3. The molecular formula is C10H16Cl2N2O. The third-order valence-electron chi connectivity index (χ3n) is 2.25. The lowest BCUT2D eigenvalue weighted by Gasteiger charge is -2.11. The maximum absolute atomic E-state index is 5.56. The molecule has 1 aromatic rings. The van der Waals surface area contributed by atoms with E-state index in [-0.39, 0.29) is 24.8 Å². The van der Waals surface area contributed by atoms with Gasteiger partial charge in [0.05, 0.1) is 6.20 Å². The van der Waals surface area contributed by atoms with Gasteiger partial charge in [0.2, 0.25) is 0 Å². The first-order valence-electron chi connectivity index (χ1n) is 4.71. The van der Waals surface area contributed by atoms with Crippen LogP contribution in [0.1, 0.15) is 12.8 Å². The summed E-state index contributed by atoms with van der Waals surface area (Å²) in [5.41, 5.74) is 0. The van der Waals surface area contributed by atoms with Crippen LogP contribution in [0.15, 0.2) is 24.5 Å². The maximum atomic E-state index is 5.56. The summed E-state index contributed by atoms with van der Waals surface area (Å²) in [6.45, 7) is 1.88. The van der Waals surface area contributed by atoms with E-state index in [4.69, 9.17) is 4.74 Å². The molecule has 1 aromatic heterocycles. The predicted octanol–water partition coefficient (Wildman–Crippen LogP) is 2.06. The van der Waals surface area contributed by atoms with E-state index in [1.165, 1.54) is 12.8 Å². The summed E-state index contributed by atoms with van der Waals surface area (Å²) in [6, 6.07) is 4.35. The highest BCUT2D eigenvalue weighted by Crippen LogP contribution is 2.10. The molecule has 15 heavy (non-hydrogen) atoms. The Morgan fingerprint density at radius 3 is 2.93 bits per heavy atom. The van der Waals surface area contributed by atoms with Crippen LogP contribution in [0.5, 0.6) is 5.75 Å². The molecule has 1 fully saturated rings. The second-order valence-corrected chi connectivity index (χ2v) is 3.29. The minimum absolute atomic E-state index is 0. The van der Waals surface area contributed by atoms with Gasteiger partial charge in [-0.25, -0.2) is 0 Å². The first-order chi connectivity index (χ1) is 6.45. The van der Waals surface area contributed by atoms with Gasteiger partial charge in [-0.2, -0.15) is 0 Å². The fraction of sp³-hybridized carbons (Fsp3) is 0.500. The zero-order chi connectivity index (χ0) is 8.93. The third kappa shape index (κ3) is 4.69. The normalized spacial score (nSPS) is 18.8. The Morgan fingerprint density at radius 2 is 2.33 bits per heavy atom. The van der Waals surface area contributed by atoms with Crippen LogP contribution < -0.4 is 10.1 Å². The summed E-state index contributed by atoms with van der Waals surface area (Å²) in [6.07, 6.45) is 5.98. The smallest absolute Gasteiger partial charge is 0.137 e. The molecule has 0 spiro atoms. The predicted molar refractivity (Wildman–Crippen MR) is 65.3 cm³/mol. The monoisotopic (exact) mass is 250 g/mol. The first-order valence-corrected chi connectivity index (χ1v) is 4.71. The van der Waals surface area contributed by atoms with Gasteiger partial charge in [0, 0.05) is 12.2 Å². The quantitative estimate of drug-likeness (QED) is 0.892. The molecule has 0 radical (unpaired) electrons. The molecule has 86 valence electrons. The van der Waals surface area contributed by atoms with E-state index >= 15 is 0 Å². The van der Waals surface area contributed by atoms with Gasteiger partial charge in [-0.1, -0.05) is 0 Å². The number of nitrogens with zero attached hydrogens (tertiary/aromatic N) is 1. The Labute approximate surface area is 102 Å². The van der Waals surface area contributed by atoms with E-state index in [2.05, 4.69) is 10.3 Å². The van der Waals surface area contributed by atoms with Crippen molar-refractivity contribution in [2.75, 3.05) is 13.2 Å². The van der Waals surface area contributed by atoms with Gasteiger partial charge in [0.1, 0.15) is 12.4 Å². The molecule has 0 amide bonds. The maximum Gasteiger partial charge on any atom is 0.137 e. The fourth-order valence-electron chi connectivity index (χ4n) is 1.53. The molecular weight excluding hydrogens is 235 g/mol. The van der Waals surface area contributed by atoms with Crippen LogP contribution in [0.2, 0.25) is 0 Å². The highest BCUT2D eigenvalue weighted by Gasteiger charge is 2.13. The average molecular weight is 251 g/mol. The summed E-state index contributed by atoms with van der Waals surface area (Å²) in [7, 11) is 0. The number of halogens is 2. The highest BCUT2D eigenvalue weighted by molar-refractivity contribution is 5.85. The molecule has 1 saturated heterocycles. The Kier molecular flexibility index (Phi) is 7.48. The largest absolute Gasteiger partial charge is 0.490 e. The lowest BCUT2D eigenvalue weighted by molar-refractivity contribution is 0.276. The third-order valence-corrected chi connectivity index (χ3v) is 2.25. The van der Waals surface area contributed by atoms with Crippen LogP contribution in [0.3, 0.4) is 0 Å². The minimum atomic E-state index is 0. The van der Waals surface area contributed by atoms with Crippen molar-refractivity contribution in [2.45, 2.75) is 18.9 Å². The molecule has 0 aromatic carbocycles. The van der Waals surface area contributed by atoms with Gasteiger partial charge >= 0.3 is 0 Å².